The number of methoxy groups -OCH3 is 1. The number of ketones is 1. The maximum absolute atomic E-state index is 12.1. The molecule has 0 radical (unpaired) electrons. The van der Waals surface area contributed by atoms with Gasteiger partial charge in [-0.05, 0) is 34.2 Å². The van der Waals surface area contributed by atoms with E-state index in [1.165, 1.54) is 7.11 Å². The molecule has 19 heavy (non-hydrogen) atoms. The molecule has 0 amide bonds. The first-order valence-corrected chi connectivity index (χ1v) is 6.64. The molecular weight excluding hydrogens is 244 g/mol. The van der Waals surface area contributed by atoms with Crippen molar-refractivity contribution in [3.8, 4) is 0 Å². The van der Waals surface area contributed by atoms with Gasteiger partial charge in [0.15, 0.2) is 5.78 Å². The van der Waals surface area contributed by atoms with Crippen LogP contribution >= 0.6 is 0 Å². The molecule has 0 aromatic heterocycles. The first kappa shape index (κ1) is 15.7. The summed E-state index contributed by atoms with van der Waals surface area (Å²) < 4.78 is 4.63. The van der Waals surface area contributed by atoms with E-state index in [4.69, 9.17) is 0 Å². The second-order valence-corrected chi connectivity index (χ2v) is 5.28. The Kier molecular flexibility index (Phi) is 5.54. The van der Waals surface area contributed by atoms with Gasteiger partial charge in [0.1, 0.15) is 6.04 Å². The van der Waals surface area contributed by atoms with Gasteiger partial charge in [0, 0.05) is 30.3 Å². The predicted octanol–water partition coefficient (Wildman–Crippen LogP) is 1.09. The molecule has 0 aromatic carbocycles. The van der Waals surface area contributed by atoms with E-state index in [2.05, 4.69) is 28.8 Å². The van der Waals surface area contributed by atoms with E-state index in [0.717, 1.165) is 5.57 Å². The van der Waals surface area contributed by atoms with Gasteiger partial charge in [0.05, 0.1) is 7.11 Å². The van der Waals surface area contributed by atoms with E-state index in [9.17, 15) is 9.59 Å². The molecule has 0 aliphatic carbocycles. The van der Waals surface area contributed by atoms with Gasteiger partial charge in [-0.1, -0.05) is 0 Å². The van der Waals surface area contributed by atoms with Crippen molar-refractivity contribution in [1.29, 1.82) is 0 Å². The molecule has 5 nitrogen and oxygen atoms in total. The van der Waals surface area contributed by atoms with Crippen LogP contribution in [0.25, 0.3) is 0 Å². The first-order chi connectivity index (χ1) is 8.86. The summed E-state index contributed by atoms with van der Waals surface area (Å²) in [6, 6.07) is 0.105. The Morgan fingerprint density at radius 3 is 2.58 bits per heavy atom. The molecule has 1 rings (SSSR count). The molecule has 1 aliphatic heterocycles. The Bertz CT molecular complexity index is 379. The zero-order chi connectivity index (χ0) is 14.6. The quantitative estimate of drug-likeness (QED) is 0.613. The lowest BCUT2D eigenvalue weighted by molar-refractivity contribution is -0.142. The molecule has 3 atom stereocenters. The standard InChI is InChI=1S/C14H24N2O3/c1-9-6-12(8-15-11(3)14(18)19-5)13(17)7-10(2)16(9)4/h8-11,15H,6-7H2,1-5H3. The van der Waals surface area contributed by atoms with Gasteiger partial charge in [-0.25, -0.2) is 4.79 Å². The van der Waals surface area contributed by atoms with Crippen molar-refractivity contribution in [3.05, 3.63) is 11.8 Å². The highest BCUT2D eigenvalue weighted by Crippen LogP contribution is 2.21. The summed E-state index contributed by atoms with van der Waals surface area (Å²) in [6.07, 6.45) is 2.88. The molecule has 0 aromatic rings. The molecule has 1 aliphatic rings. The van der Waals surface area contributed by atoms with Crippen LogP contribution in [0.2, 0.25) is 0 Å². The van der Waals surface area contributed by atoms with Gasteiger partial charge in [-0.15, -0.1) is 0 Å². The lowest BCUT2D eigenvalue weighted by atomic mass is 10.0. The van der Waals surface area contributed by atoms with Crippen molar-refractivity contribution in [2.75, 3.05) is 14.2 Å². The highest BCUT2D eigenvalue weighted by molar-refractivity contribution is 5.96. The van der Waals surface area contributed by atoms with Gasteiger partial charge < -0.3 is 15.0 Å². The van der Waals surface area contributed by atoms with Gasteiger partial charge in [0.25, 0.3) is 0 Å². The molecule has 0 bridgehead atoms. The number of likely N-dealkylation sites (tertiary alicyclic amines) is 1. The number of carbonyl (C=O) groups is 2. The highest BCUT2D eigenvalue weighted by atomic mass is 16.5. The highest BCUT2D eigenvalue weighted by Gasteiger charge is 2.27. The molecule has 1 fully saturated rings. The summed E-state index contributed by atoms with van der Waals surface area (Å²) >= 11 is 0. The summed E-state index contributed by atoms with van der Waals surface area (Å²) in [5.41, 5.74) is 0.749. The molecular formula is C14H24N2O3. The monoisotopic (exact) mass is 268 g/mol. The zero-order valence-corrected chi connectivity index (χ0v) is 12.4. The number of Topliss-reactive ketones (excluding diaryl/α,β-unsaturated/α-hetero) is 1. The number of hydrogen-bond acceptors (Lipinski definition) is 5. The molecule has 5 heteroatoms. The van der Waals surface area contributed by atoms with Crippen LogP contribution in [0.3, 0.4) is 0 Å². The number of ether oxygens (including phenoxy) is 1. The van der Waals surface area contributed by atoms with E-state index in [1.54, 1.807) is 13.1 Å². The lowest BCUT2D eigenvalue weighted by Crippen LogP contribution is -2.35. The van der Waals surface area contributed by atoms with Gasteiger partial charge in [0.2, 0.25) is 0 Å². The summed E-state index contributed by atoms with van der Waals surface area (Å²) in [5.74, 6) is -0.190. The second-order valence-electron chi connectivity index (χ2n) is 5.28. The second kappa shape index (κ2) is 6.70. The summed E-state index contributed by atoms with van der Waals surface area (Å²) in [5, 5.41) is 2.94. The van der Waals surface area contributed by atoms with Crippen LogP contribution in [0.15, 0.2) is 11.8 Å². The fraction of sp³-hybridized carbons (Fsp3) is 0.714. The van der Waals surface area contributed by atoms with Crippen molar-refractivity contribution < 1.29 is 14.3 Å². The van der Waals surface area contributed by atoms with Crippen molar-refractivity contribution in [2.45, 2.75) is 51.7 Å². The van der Waals surface area contributed by atoms with Crippen LogP contribution < -0.4 is 5.32 Å². The Labute approximate surface area is 115 Å². The maximum Gasteiger partial charge on any atom is 0.327 e. The third-order valence-corrected chi connectivity index (χ3v) is 3.81. The number of nitrogens with zero attached hydrogens (tertiary/aromatic N) is 1. The van der Waals surface area contributed by atoms with E-state index in [-0.39, 0.29) is 17.8 Å². The SMILES string of the molecule is COC(=O)C(C)NC=C1CC(C)N(C)C(C)CC1=O. The Hall–Kier alpha value is -1.36. The minimum atomic E-state index is -0.445. The summed E-state index contributed by atoms with van der Waals surface area (Å²) in [6.45, 7) is 5.87. The van der Waals surface area contributed by atoms with Crippen LogP contribution in [0.5, 0.6) is 0 Å². The predicted molar refractivity (Wildman–Crippen MR) is 73.6 cm³/mol. The minimum absolute atomic E-state index is 0.147. The lowest BCUT2D eigenvalue weighted by Gasteiger charge is -2.27. The molecule has 108 valence electrons. The van der Waals surface area contributed by atoms with Crippen LogP contribution in [0.1, 0.15) is 33.6 Å². The molecule has 0 spiro atoms. The average molecular weight is 268 g/mol. The number of hydrogen-bond donors (Lipinski definition) is 1. The van der Waals surface area contributed by atoms with Crippen LogP contribution in [-0.4, -0.2) is 48.9 Å². The minimum Gasteiger partial charge on any atom is -0.467 e. The Morgan fingerprint density at radius 2 is 2.00 bits per heavy atom. The third kappa shape index (κ3) is 4.06. The molecule has 0 saturated carbocycles. The smallest absolute Gasteiger partial charge is 0.327 e. The first-order valence-electron chi connectivity index (χ1n) is 6.64. The van der Waals surface area contributed by atoms with Crippen molar-refractivity contribution in [3.63, 3.8) is 0 Å². The Balaban J connectivity index is 2.75. The van der Waals surface area contributed by atoms with Crippen molar-refractivity contribution in [1.82, 2.24) is 10.2 Å². The summed E-state index contributed by atoms with van der Waals surface area (Å²) in [7, 11) is 3.39. The topological polar surface area (TPSA) is 58.6 Å². The van der Waals surface area contributed by atoms with Crippen molar-refractivity contribution in [2.24, 2.45) is 0 Å². The number of rotatable bonds is 3. The Morgan fingerprint density at radius 1 is 1.42 bits per heavy atom. The fourth-order valence-corrected chi connectivity index (χ4v) is 2.16. The average Bonchev–Trinajstić information content (AvgIpc) is 2.47. The number of carbonyl (C=O) groups excluding carboxylic acids is 2. The largest absolute Gasteiger partial charge is 0.467 e. The van der Waals surface area contributed by atoms with Gasteiger partial charge in [-0.2, -0.15) is 0 Å². The summed E-state index contributed by atoms with van der Waals surface area (Å²) in [4.78, 5) is 25.6. The van der Waals surface area contributed by atoms with Crippen LogP contribution in [0, 0.1) is 0 Å². The molecule has 3 unspecified atom stereocenters. The van der Waals surface area contributed by atoms with E-state index < -0.39 is 6.04 Å². The third-order valence-electron chi connectivity index (χ3n) is 3.81. The van der Waals surface area contributed by atoms with Gasteiger partial charge >= 0.3 is 5.97 Å². The van der Waals surface area contributed by atoms with E-state index in [1.807, 2.05) is 7.05 Å². The van der Waals surface area contributed by atoms with E-state index >= 15 is 0 Å². The maximum atomic E-state index is 12.1. The molecule has 1 heterocycles. The number of nitrogens with one attached hydrogen (secondary N) is 1. The van der Waals surface area contributed by atoms with E-state index in [0.29, 0.717) is 18.9 Å². The van der Waals surface area contributed by atoms with Crippen LogP contribution in [0.4, 0.5) is 0 Å². The van der Waals surface area contributed by atoms with Crippen molar-refractivity contribution >= 4 is 11.8 Å². The molecule has 1 saturated heterocycles. The van der Waals surface area contributed by atoms with Crippen LogP contribution in [-0.2, 0) is 14.3 Å². The fourth-order valence-electron chi connectivity index (χ4n) is 2.16. The number of esters is 1. The normalized spacial score (nSPS) is 28.9. The molecule has 1 N–H and O–H groups in total. The van der Waals surface area contributed by atoms with Gasteiger partial charge in [-0.3, -0.25) is 4.79 Å². The zero-order valence-electron chi connectivity index (χ0n) is 12.4.